The molecule has 19 heavy (non-hydrogen) atoms. The van der Waals surface area contributed by atoms with E-state index < -0.39 is 5.97 Å². The Labute approximate surface area is 122 Å². The zero-order valence-electron chi connectivity index (χ0n) is 9.96. The van der Waals surface area contributed by atoms with Gasteiger partial charge >= 0.3 is 5.97 Å². The number of rotatable bonds is 1. The van der Waals surface area contributed by atoms with Gasteiger partial charge < -0.3 is 4.74 Å². The standard InChI is InChI=1S/C6H4INO2.C6H6O3/c7-5-3-1-2-4-6(5)8(9)10;1-4-2-5(7)3-6(8)9-4/h1-4H;2H,3H2,1H3. The minimum absolute atomic E-state index is 0.114. The Bertz CT molecular complexity index is 553. The number of nitro groups is 1. The van der Waals surface area contributed by atoms with Crippen molar-refractivity contribution in [2.75, 3.05) is 0 Å². The number of esters is 1. The maximum atomic E-state index is 10.5. The number of nitrogens with zero attached hydrogens (tertiary/aromatic N) is 1. The van der Waals surface area contributed by atoms with E-state index in [0.717, 1.165) is 0 Å². The smallest absolute Gasteiger partial charge is 0.318 e. The summed E-state index contributed by atoms with van der Waals surface area (Å²) in [6.07, 6.45) is 1.21. The number of hydrogen-bond acceptors (Lipinski definition) is 5. The Morgan fingerprint density at radius 3 is 2.37 bits per heavy atom. The number of hydrogen-bond donors (Lipinski definition) is 0. The predicted octanol–water partition coefficient (Wildman–Crippen LogP) is 2.61. The Hall–Kier alpha value is -1.77. The summed E-state index contributed by atoms with van der Waals surface area (Å²) in [5.41, 5.74) is 0.170. The van der Waals surface area contributed by atoms with Crippen molar-refractivity contribution in [1.29, 1.82) is 0 Å². The Morgan fingerprint density at radius 1 is 1.32 bits per heavy atom. The van der Waals surface area contributed by atoms with Crippen molar-refractivity contribution in [3.8, 4) is 0 Å². The van der Waals surface area contributed by atoms with Gasteiger partial charge in [-0.1, -0.05) is 12.1 Å². The molecule has 1 aromatic rings. The SMILES string of the molecule is CC1=CC(=O)CC(=O)O1.O=[N+]([O-])c1ccccc1I. The fourth-order valence-corrected chi connectivity index (χ4v) is 1.85. The van der Waals surface area contributed by atoms with Crippen LogP contribution in [0, 0.1) is 13.7 Å². The Balaban J connectivity index is 0.000000191. The highest BCUT2D eigenvalue weighted by molar-refractivity contribution is 14.1. The van der Waals surface area contributed by atoms with E-state index in [1.54, 1.807) is 25.1 Å². The first-order chi connectivity index (χ1) is 8.90. The van der Waals surface area contributed by atoms with Crippen LogP contribution >= 0.6 is 22.6 Å². The summed E-state index contributed by atoms with van der Waals surface area (Å²) in [5, 5.41) is 10.2. The van der Waals surface area contributed by atoms with E-state index in [2.05, 4.69) is 4.74 Å². The molecule has 2 rings (SSSR count). The highest BCUT2D eigenvalue weighted by Crippen LogP contribution is 2.18. The number of halogens is 1. The van der Waals surface area contributed by atoms with Gasteiger partial charge in [0.25, 0.3) is 5.69 Å². The molecule has 1 aliphatic rings. The number of carbonyl (C=O) groups excluding carboxylic acids is 2. The fourth-order valence-electron chi connectivity index (χ4n) is 1.26. The van der Waals surface area contributed by atoms with E-state index in [1.807, 2.05) is 22.6 Å². The molecule has 0 saturated heterocycles. The average Bonchev–Trinajstić information content (AvgIpc) is 2.27. The monoisotopic (exact) mass is 375 g/mol. The molecule has 0 spiro atoms. The second-order valence-corrected chi connectivity index (χ2v) is 4.74. The zero-order chi connectivity index (χ0) is 14.4. The second-order valence-electron chi connectivity index (χ2n) is 3.58. The van der Waals surface area contributed by atoms with Crippen molar-refractivity contribution >= 4 is 40.0 Å². The van der Waals surface area contributed by atoms with E-state index in [4.69, 9.17) is 0 Å². The molecule has 1 heterocycles. The summed E-state index contributed by atoms with van der Waals surface area (Å²) in [7, 11) is 0. The summed E-state index contributed by atoms with van der Waals surface area (Å²) < 4.78 is 5.23. The van der Waals surface area contributed by atoms with Crippen molar-refractivity contribution in [2.24, 2.45) is 0 Å². The molecular weight excluding hydrogens is 365 g/mol. The van der Waals surface area contributed by atoms with E-state index in [9.17, 15) is 19.7 Å². The molecule has 0 unspecified atom stereocenters. The molecule has 0 saturated carbocycles. The number of para-hydroxylation sites is 1. The normalized spacial score (nSPS) is 13.9. The maximum Gasteiger partial charge on any atom is 0.318 e. The van der Waals surface area contributed by atoms with Gasteiger partial charge in [0.05, 0.1) is 8.49 Å². The number of carbonyl (C=O) groups is 2. The molecule has 0 amide bonds. The summed E-state index contributed by atoms with van der Waals surface area (Å²) in [4.78, 5) is 30.7. The molecule has 0 aromatic heterocycles. The summed E-state index contributed by atoms with van der Waals surface area (Å²) in [6.45, 7) is 1.58. The van der Waals surface area contributed by atoms with Crippen LogP contribution in [-0.2, 0) is 14.3 Å². The molecule has 0 aliphatic carbocycles. The van der Waals surface area contributed by atoms with E-state index in [0.29, 0.717) is 9.33 Å². The lowest BCUT2D eigenvalue weighted by Gasteiger charge is -2.06. The highest BCUT2D eigenvalue weighted by atomic mass is 127. The first kappa shape index (κ1) is 15.3. The third-order valence-corrected chi connectivity index (χ3v) is 2.92. The average molecular weight is 375 g/mol. The number of allylic oxidation sites excluding steroid dienone is 2. The lowest BCUT2D eigenvalue weighted by molar-refractivity contribution is -0.385. The van der Waals surface area contributed by atoms with E-state index in [1.165, 1.54) is 12.1 Å². The fraction of sp³-hybridized carbons (Fsp3) is 0.167. The molecule has 7 heteroatoms. The molecule has 1 aliphatic heterocycles. The van der Waals surface area contributed by atoms with Gasteiger partial charge in [-0.25, -0.2) is 0 Å². The van der Waals surface area contributed by atoms with Crippen LogP contribution in [0.25, 0.3) is 0 Å². The molecule has 100 valence electrons. The van der Waals surface area contributed by atoms with Crippen molar-refractivity contribution in [3.05, 3.63) is 49.8 Å². The van der Waals surface area contributed by atoms with Crippen LogP contribution in [-0.4, -0.2) is 16.7 Å². The molecule has 1 aromatic carbocycles. The Kier molecular flexibility index (Phi) is 5.61. The molecule has 6 nitrogen and oxygen atoms in total. The third-order valence-electron chi connectivity index (χ3n) is 2.01. The van der Waals surface area contributed by atoms with Crippen LogP contribution in [0.5, 0.6) is 0 Å². The zero-order valence-corrected chi connectivity index (χ0v) is 12.1. The number of cyclic esters (lactones) is 1. The number of ether oxygens (including phenoxy) is 1. The third kappa shape index (κ3) is 5.16. The van der Waals surface area contributed by atoms with Crippen molar-refractivity contribution in [2.45, 2.75) is 13.3 Å². The summed E-state index contributed by atoms with van der Waals surface area (Å²) in [5.74, 6) is -0.250. The van der Waals surface area contributed by atoms with Gasteiger partial charge in [0.15, 0.2) is 5.78 Å². The minimum Gasteiger partial charge on any atom is -0.431 e. The summed E-state index contributed by atoms with van der Waals surface area (Å²) in [6, 6.07) is 6.62. The maximum absolute atomic E-state index is 10.5. The molecule has 0 fully saturated rings. The number of nitro benzene ring substituents is 1. The first-order valence-electron chi connectivity index (χ1n) is 5.21. The van der Waals surface area contributed by atoms with Crippen LogP contribution in [0.4, 0.5) is 5.69 Å². The molecule has 0 atom stereocenters. The predicted molar refractivity (Wildman–Crippen MR) is 75.3 cm³/mol. The van der Waals surface area contributed by atoms with Gasteiger partial charge in [0.2, 0.25) is 0 Å². The first-order valence-corrected chi connectivity index (χ1v) is 6.28. The van der Waals surface area contributed by atoms with E-state index >= 15 is 0 Å². The molecule has 0 bridgehead atoms. The number of benzene rings is 1. The van der Waals surface area contributed by atoms with Crippen LogP contribution in [0.1, 0.15) is 13.3 Å². The lowest BCUT2D eigenvalue weighted by atomic mass is 10.2. The van der Waals surface area contributed by atoms with Crippen molar-refractivity contribution in [1.82, 2.24) is 0 Å². The topological polar surface area (TPSA) is 86.5 Å². The molecular formula is C12H10INO5. The van der Waals surface area contributed by atoms with Crippen molar-refractivity contribution in [3.63, 3.8) is 0 Å². The van der Waals surface area contributed by atoms with Crippen LogP contribution in [0.3, 0.4) is 0 Å². The van der Waals surface area contributed by atoms with Crippen LogP contribution < -0.4 is 0 Å². The van der Waals surface area contributed by atoms with Gasteiger partial charge in [-0.05, 0) is 35.6 Å². The van der Waals surface area contributed by atoms with Crippen LogP contribution in [0.15, 0.2) is 36.1 Å². The highest BCUT2D eigenvalue weighted by Gasteiger charge is 2.15. The van der Waals surface area contributed by atoms with Crippen LogP contribution in [0.2, 0.25) is 0 Å². The van der Waals surface area contributed by atoms with Gasteiger partial charge in [-0.15, -0.1) is 0 Å². The minimum atomic E-state index is -0.458. The molecule has 0 radical (unpaired) electrons. The molecule has 0 N–H and O–H groups in total. The van der Waals surface area contributed by atoms with Crippen molar-refractivity contribution < 1.29 is 19.2 Å². The quantitative estimate of drug-likeness (QED) is 0.248. The largest absolute Gasteiger partial charge is 0.431 e. The van der Waals surface area contributed by atoms with Gasteiger partial charge in [-0.3, -0.25) is 19.7 Å². The second kappa shape index (κ2) is 6.98. The van der Waals surface area contributed by atoms with E-state index in [-0.39, 0.29) is 22.8 Å². The van der Waals surface area contributed by atoms with Gasteiger partial charge in [0, 0.05) is 12.1 Å². The lowest BCUT2D eigenvalue weighted by Crippen LogP contribution is -2.14. The Morgan fingerprint density at radius 2 is 1.95 bits per heavy atom. The van der Waals surface area contributed by atoms with Gasteiger partial charge in [0.1, 0.15) is 12.2 Å². The van der Waals surface area contributed by atoms with Gasteiger partial charge in [-0.2, -0.15) is 0 Å². The summed E-state index contributed by atoms with van der Waals surface area (Å²) >= 11 is 1.93. The number of ketones is 1.